The molecule has 0 aliphatic carbocycles. The average molecular weight is 244 g/mol. The molecule has 17 heavy (non-hydrogen) atoms. The van der Waals surface area contributed by atoms with Gasteiger partial charge in [-0.25, -0.2) is 0 Å². The molecule has 0 radical (unpaired) electrons. The summed E-state index contributed by atoms with van der Waals surface area (Å²) in [5, 5.41) is 3.01. The number of ether oxygens (including phenoxy) is 1. The number of hydrogen-bond donors (Lipinski definition) is 1. The summed E-state index contributed by atoms with van der Waals surface area (Å²) in [7, 11) is 3.23. The van der Waals surface area contributed by atoms with E-state index >= 15 is 0 Å². The Bertz CT molecular complexity index is 208. The van der Waals surface area contributed by atoms with Gasteiger partial charge in [0.25, 0.3) is 0 Å². The smallest absolute Gasteiger partial charge is 0.324 e. The minimum absolute atomic E-state index is 0.186. The van der Waals surface area contributed by atoms with Crippen molar-refractivity contribution in [3.05, 3.63) is 0 Å². The first-order chi connectivity index (χ1) is 8.06. The Morgan fingerprint density at radius 2 is 2.00 bits per heavy atom. The zero-order chi connectivity index (χ0) is 13.3. The van der Waals surface area contributed by atoms with Gasteiger partial charge in [0.1, 0.15) is 6.04 Å². The topological polar surface area (TPSA) is 41.6 Å². The third-order valence-corrected chi connectivity index (χ3v) is 3.03. The van der Waals surface area contributed by atoms with Gasteiger partial charge in [0.15, 0.2) is 0 Å². The standard InChI is InChI=1S/C13H28N2O2/c1-6-7-8-9-15(11(2)3)10-12(14-4)13(16)17-5/h11-12,14H,6-10H2,1-5H3. The van der Waals surface area contributed by atoms with Crippen molar-refractivity contribution in [3.8, 4) is 0 Å². The summed E-state index contributed by atoms with van der Waals surface area (Å²) < 4.78 is 4.78. The molecular formula is C13H28N2O2. The van der Waals surface area contributed by atoms with Crippen LogP contribution in [0.5, 0.6) is 0 Å². The lowest BCUT2D eigenvalue weighted by Gasteiger charge is -2.29. The van der Waals surface area contributed by atoms with Gasteiger partial charge in [-0.15, -0.1) is 0 Å². The molecule has 1 unspecified atom stereocenters. The van der Waals surface area contributed by atoms with Crippen LogP contribution in [0.4, 0.5) is 0 Å². The summed E-state index contributed by atoms with van der Waals surface area (Å²) >= 11 is 0. The Hall–Kier alpha value is -0.610. The number of methoxy groups -OCH3 is 1. The van der Waals surface area contributed by atoms with Crippen molar-refractivity contribution in [2.24, 2.45) is 0 Å². The van der Waals surface area contributed by atoms with Gasteiger partial charge < -0.3 is 10.1 Å². The molecule has 0 aromatic carbocycles. The Morgan fingerprint density at radius 3 is 2.41 bits per heavy atom. The molecule has 0 aromatic rings. The first-order valence-corrected chi connectivity index (χ1v) is 6.55. The van der Waals surface area contributed by atoms with Gasteiger partial charge in [0, 0.05) is 12.6 Å². The molecule has 0 rings (SSSR count). The zero-order valence-corrected chi connectivity index (χ0v) is 12.0. The second-order valence-electron chi connectivity index (χ2n) is 4.66. The van der Waals surface area contributed by atoms with Crippen LogP contribution in [0.3, 0.4) is 0 Å². The van der Waals surface area contributed by atoms with Crippen LogP contribution in [-0.4, -0.2) is 50.2 Å². The SMILES string of the molecule is CCCCCN(CC(NC)C(=O)OC)C(C)C. The zero-order valence-electron chi connectivity index (χ0n) is 12.0. The van der Waals surface area contributed by atoms with E-state index in [1.807, 2.05) is 0 Å². The first kappa shape index (κ1) is 16.4. The molecule has 1 N–H and O–H groups in total. The van der Waals surface area contributed by atoms with Crippen molar-refractivity contribution in [1.82, 2.24) is 10.2 Å². The van der Waals surface area contributed by atoms with Gasteiger partial charge in [0.05, 0.1) is 7.11 Å². The van der Waals surface area contributed by atoms with Crippen LogP contribution in [0.15, 0.2) is 0 Å². The van der Waals surface area contributed by atoms with Crippen molar-refractivity contribution in [3.63, 3.8) is 0 Å². The van der Waals surface area contributed by atoms with Gasteiger partial charge in [-0.2, -0.15) is 0 Å². The lowest BCUT2D eigenvalue weighted by molar-refractivity contribution is -0.143. The highest BCUT2D eigenvalue weighted by molar-refractivity contribution is 5.75. The third kappa shape index (κ3) is 6.64. The molecule has 0 aliphatic rings. The number of nitrogens with one attached hydrogen (secondary N) is 1. The lowest BCUT2D eigenvalue weighted by atomic mass is 10.2. The summed E-state index contributed by atoms with van der Waals surface area (Å²) in [5.74, 6) is -0.186. The van der Waals surface area contributed by atoms with Gasteiger partial charge in [0.2, 0.25) is 0 Å². The molecule has 0 spiro atoms. The van der Waals surface area contributed by atoms with E-state index in [9.17, 15) is 4.79 Å². The van der Waals surface area contributed by atoms with Crippen LogP contribution < -0.4 is 5.32 Å². The third-order valence-electron chi connectivity index (χ3n) is 3.03. The van der Waals surface area contributed by atoms with E-state index in [0.29, 0.717) is 12.6 Å². The normalized spacial score (nSPS) is 13.1. The number of carbonyl (C=O) groups excluding carboxylic acids is 1. The van der Waals surface area contributed by atoms with Crippen molar-refractivity contribution in [1.29, 1.82) is 0 Å². The molecule has 0 fully saturated rings. The molecule has 0 saturated heterocycles. The molecule has 0 saturated carbocycles. The van der Waals surface area contributed by atoms with Gasteiger partial charge >= 0.3 is 5.97 Å². The first-order valence-electron chi connectivity index (χ1n) is 6.55. The Labute approximate surface area is 106 Å². The fourth-order valence-electron chi connectivity index (χ4n) is 1.79. The molecule has 0 amide bonds. The maximum Gasteiger partial charge on any atom is 0.324 e. The predicted molar refractivity (Wildman–Crippen MR) is 71.1 cm³/mol. The molecule has 1 atom stereocenters. The molecule has 102 valence electrons. The number of nitrogens with zero attached hydrogens (tertiary/aromatic N) is 1. The predicted octanol–water partition coefficient (Wildman–Crippen LogP) is 1.65. The number of unbranched alkanes of at least 4 members (excludes halogenated alkanes) is 2. The van der Waals surface area contributed by atoms with Crippen LogP contribution in [-0.2, 0) is 9.53 Å². The van der Waals surface area contributed by atoms with Crippen molar-refractivity contribution < 1.29 is 9.53 Å². The van der Waals surface area contributed by atoms with E-state index < -0.39 is 0 Å². The highest BCUT2D eigenvalue weighted by Crippen LogP contribution is 2.05. The van der Waals surface area contributed by atoms with E-state index in [1.54, 1.807) is 7.05 Å². The number of esters is 1. The Balaban J connectivity index is 4.25. The lowest BCUT2D eigenvalue weighted by Crippen LogP contribution is -2.47. The summed E-state index contributed by atoms with van der Waals surface area (Å²) in [6, 6.07) is 0.219. The molecule has 0 aliphatic heterocycles. The van der Waals surface area contributed by atoms with Crippen molar-refractivity contribution in [2.75, 3.05) is 27.2 Å². The minimum Gasteiger partial charge on any atom is -0.468 e. The quantitative estimate of drug-likeness (QED) is 0.494. The number of likely N-dealkylation sites (N-methyl/N-ethyl adjacent to an activating group) is 1. The van der Waals surface area contributed by atoms with Crippen LogP contribution >= 0.6 is 0 Å². The Kier molecular flexibility index (Phi) is 9.09. The van der Waals surface area contributed by atoms with Crippen LogP contribution in [0.25, 0.3) is 0 Å². The maximum absolute atomic E-state index is 11.5. The van der Waals surface area contributed by atoms with Crippen LogP contribution in [0, 0.1) is 0 Å². The molecule has 0 bridgehead atoms. The minimum atomic E-state index is -0.232. The van der Waals surface area contributed by atoms with E-state index in [-0.39, 0.29) is 12.0 Å². The summed E-state index contributed by atoms with van der Waals surface area (Å²) in [6.07, 6.45) is 3.65. The van der Waals surface area contributed by atoms with E-state index in [2.05, 4.69) is 31.0 Å². The molecule has 0 heterocycles. The summed E-state index contributed by atoms with van der Waals surface area (Å²) in [4.78, 5) is 13.8. The molecule has 0 aromatic heterocycles. The van der Waals surface area contributed by atoms with Gasteiger partial charge in [-0.3, -0.25) is 9.69 Å². The van der Waals surface area contributed by atoms with E-state index in [1.165, 1.54) is 26.4 Å². The summed E-state index contributed by atoms with van der Waals surface area (Å²) in [6.45, 7) is 8.28. The van der Waals surface area contributed by atoms with Gasteiger partial charge in [-0.1, -0.05) is 19.8 Å². The van der Waals surface area contributed by atoms with E-state index in [0.717, 1.165) is 6.54 Å². The highest BCUT2D eigenvalue weighted by atomic mass is 16.5. The number of rotatable bonds is 9. The maximum atomic E-state index is 11.5. The van der Waals surface area contributed by atoms with Crippen LogP contribution in [0.1, 0.15) is 40.0 Å². The van der Waals surface area contributed by atoms with Crippen LogP contribution in [0.2, 0.25) is 0 Å². The monoisotopic (exact) mass is 244 g/mol. The second kappa shape index (κ2) is 9.42. The number of carbonyl (C=O) groups is 1. The van der Waals surface area contributed by atoms with Crippen molar-refractivity contribution in [2.45, 2.75) is 52.1 Å². The largest absolute Gasteiger partial charge is 0.468 e. The molecule has 4 nitrogen and oxygen atoms in total. The fraction of sp³-hybridized carbons (Fsp3) is 0.923. The summed E-state index contributed by atoms with van der Waals surface area (Å²) in [5.41, 5.74) is 0. The fourth-order valence-corrected chi connectivity index (χ4v) is 1.79. The Morgan fingerprint density at radius 1 is 1.35 bits per heavy atom. The highest BCUT2D eigenvalue weighted by Gasteiger charge is 2.21. The van der Waals surface area contributed by atoms with E-state index in [4.69, 9.17) is 4.74 Å². The molecule has 4 heteroatoms. The second-order valence-corrected chi connectivity index (χ2v) is 4.66. The number of hydrogen-bond acceptors (Lipinski definition) is 4. The average Bonchev–Trinajstić information content (AvgIpc) is 2.32. The van der Waals surface area contributed by atoms with Crippen molar-refractivity contribution >= 4 is 5.97 Å². The molecular weight excluding hydrogens is 216 g/mol. The van der Waals surface area contributed by atoms with Gasteiger partial charge in [-0.05, 0) is 33.9 Å².